The summed E-state index contributed by atoms with van der Waals surface area (Å²) in [6, 6.07) is 0. The number of aromatic amines is 1. The van der Waals surface area contributed by atoms with Gasteiger partial charge in [0.2, 0.25) is 0 Å². The molecule has 0 aliphatic carbocycles. The summed E-state index contributed by atoms with van der Waals surface area (Å²) in [5.74, 6) is 0. The number of hydrogen-bond donors (Lipinski definition) is 6. The Kier molecular flexibility index (Phi) is 6.88. The fourth-order valence-corrected chi connectivity index (χ4v) is 3.24. The first-order valence-electron chi connectivity index (χ1n) is 7.83. The van der Waals surface area contributed by atoms with Crippen molar-refractivity contribution in [3.63, 3.8) is 0 Å². The second-order valence-electron chi connectivity index (χ2n) is 5.90. The van der Waals surface area contributed by atoms with E-state index in [4.69, 9.17) is 19.5 Å². The number of H-pyrrole nitrogens is 1. The highest BCUT2D eigenvalue weighted by Crippen LogP contribution is 2.38. The number of aryl methyl sites for hydroxylation is 1. The zero-order valence-corrected chi connectivity index (χ0v) is 14.8. The third kappa shape index (κ3) is 5.56. The number of ether oxygens (including phenoxy) is 1. The monoisotopic (exact) mass is 395 g/mol. The molecular formula is C13H22N3O9P. The van der Waals surface area contributed by atoms with E-state index in [2.05, 4.69) is 10.1 Å². The van der Waals surface area contributed by atoms with Crippen LogP contribution in [0.25, 0.3) is 0 Å². The van der Waals surface area contributed by atoms with Crippen molar-refractivity contribution in [1.82, 2.24) is 14.6 Å². The molecule has 148 valence electrons. The van der Waals surface area contributed by atoms with E-state index in [0.717, 1.165) is 4.57 Å². The summed E-state index contributed by atoms with van der Waals surface area (Å²) in [4.78, 5) is 35.0. The van der Waals surface area contributed by atoms with Gasteiger partial charge in [0.05, 0.1) is 12.7 Å². The molecule has 0 spiro atoms. The predicted octanol–water partition coefficient (Wildman–Crippen LogP) is -2.10. The van der Waals surface area contributed by atoms with Crippen LogP contribution in [0.3, 0.4) is 0 Å². The van der Waals surface area contributed by atoms with Gasteiger partial charge in [-0.2, -0.15) is 0 Å². The first-order chi connectivity index (χ1) is 12.1. The molecule has 4 atom stereocenters. The number of rotatable bonds is 8. The zero-order chi connectivity index (χ0) is 19.5. The van der Waals surface area contributed by atoms with E-state index < -0.39 is 50.3 Å². The van der Waals surface area contributed by atoms with E-state index in [1.54, 1.807) is 0 Å². The summed E-state index contributed by atoms with van der Waals surface area (Å²) >= 11 is 0. The third-order valence-corrected chi connectivity index (χ3v) is 4.91. The Bertz CT molecular complexity index is 777. The van der Waals surface area contributed by atoms with Crippen LogP contribution in [0, 0.1) is 6.92 Å². The molecule has 1 saturated heterocycles. The van der Waals surface area contributed by atoms with Crippen molar-refractivity contribution in [3.05, 3.63) is 32.6 Å². The fraction of sp³-hybridized carbons (Fsp3) is 0.692. The minimum absolute atomic E-state index is 0.0271. The van der Waals surface area contributed by atoms with Crippen molar-refractivity contribution in [2.24, 2.45) is 0 Å². The van der Waals surface area contributed by atoms with Crippen molar-refractivity contribution in [2.45, 2.75) is 44.5 Å². The molecule has 2 unspecified atom stereocenters. The Morgan fingerprint density at radius 2 is 2.19 bits per heavy atom. The molecule has 1 aromatic rings. The first kappa shape index (κ1) is 20.9. The van der Waals surface area contributed by atoms with E-state index in [9.17, 15) is 24.2 Å². The molecule has 1 aliphatic rings. The van der Waals surface area contributed by atoms with Gasteiger partial charge < -0.3 is 24.9 Å². The molecule has 1 aliphatic heterocycles. The molecule has 0 aromatic carbocycles. The summed E-state index contributed by atoms with van der Waals surface area (Å²) in [6.07, 6.45) is -3.35. The van der Waals surface area contributed by atoms with Gasteiger partial charge in [-0.3, -0.25) is 18.9 Å². The Morgan fingerprint density at radius 1 is 1.50 bits per heavy atom. The Morgan fingerprint density at radius 3 is 2.85 bits per heavy atom. The summed E-state index contributed by atoms with van der Waals surface area (Å²) in [5.41, 5.74) is -0.932. The van der Waals surface area contributed by atoms with Crippen molar-refractivity contribution < 1.29 is 34.0 Å². The van der Waals surface area contributed by atoms with Crippen molar-refractivity contribution in [2.75, 3.05) is 13.2 Å². The fourth-order valence-electron chi connectivity index (χ4n) is 2.39. The van der Waals surface area contributed by atoms with Crippen molar-refractivity contribution in [1.29, 1.82) is 0 Å². The highest BCUT2D eigenvalue weighted by Gasteiger charge is 2.37. The molecule has 0 saturated carbocycles. The Hall–Kier alpha value is -1.37. The highest BCUT2D eigenvalue weighted by atomic mass is 31.2. The zero-order valence-electron chi connectivity index (χ0n) is 13.9. The second kappa shape index (κ2) is 8.55. The largest absolute Gasteiger partial charge is 0.403 e. The van der Waals surface area contributed by atoms with Gasteiger partial charge in [-0.25, -0.2) is 14.4 Å². The lowest BCUT2D eigenvalue weighted by molar-refractivity contribution is -0.0458. The molecule has 0 bridgehead atoms. The summed E-state index contributed by atoms with van der Waals surface area (Å²) in [7, 11) is -4.22. The summed E-state index contributed by atoms with van der Waals surface area (Å²) in [5, 5.41) is 29.5. The number of aromatic nitrogens is 2. The quantitative estimate of drug-likeness (QED) is 0.211. The molecule has 13 heteroatoms. The number of hydrogen-bond acceptors (Lipinski definition) is 8. The van der Waals surface area contributed by atoms with Crippen LogP contribution in [-0.4, -0.2) is 61.4 Å². The maximum Gasteiger partial charge on any atom is 0.403 e. The lowest BCUT2D eigenvalue weighted by Gasteiger charge is -2.19. The van der Waals surface area contributed by atoms with Crippen LogP contribution >= 0.6 is 7.75 Å². The van der Waals surface area contributed by atoms with Crippen LogP contribution in [0.15, 0.2) is 15.8 Å². The van der Waals surface area contributed by atoms with Crippen LogP contribution in [0.5, 0.6) is 0 Å². The molecule has 26 heavy (non-hydrogen) atoms. The lowest BCUT2D eigenvalue weighted by Crippen LogP contribution is -2.33. The summed E-state index contributed by atoms with van der Waals surface area (Å²) in [6.45, 7) is 0.906. The molecule has 2 rings (SSSR count). The highest BCUT2D eigenvalue weighted by molar-refractivity contribution is 7.50. The van der Waals surface area contributed by atoms with E-state index in [-0.39, 0.29) is 24.9 Å². The molecular weight excluding hydrogens is 373 g/mol. The number of nitrogens with zero attached hydrogens (tertiary/aromatic N) is 1. The Balaban J connectivity index is 1.95. The van der Waals surface area contributed by atoms with Crippen LogP contribution in [-0.2, 0) is 13.8 Å². The number of aliphatic hydroxyl groups is 3. The minimum Gasteiger partial charge on any atom is -0.390 e. The Labute approximate surface area is 147 Å². The van der Waals surface area contributed by atoms with Gasteiger partial charge in [-0.05, 0) is 6.92 Å². The molecule has 6 N–H and O–H groups in total. The van der Waals surface area contributed by atoms with Gasteiger partial charge in [0, 0.05) is 31.1 Å². The maximum atomic E-state index is 11.9. The van der Waals surface area contributed by atoms with Crippen molar-refractivity contribution >= 4 is 7.75 Å². The maximum absolute atomic E-state index is 11.9. The van der Waals surface area contributed by atoms with Gasteiger partial charge in [-0.15, -0.1) is 0 Å². The molecule has 2 heterocycles. The van der Waals surface area contributed by atoms with Gasteiger partial charge in [0.1, 0.15) is 12.3 Å². The smallest absolute Gasteiger partial charge is 0.390 e. The van der Waals surface area contributed by atoms with Gasteiger partial charge in [-0.1, -0.05) is 0 Å². The lowest BCUT2D eigenvalue weighted by atomic mass is 10.2. The number of aliphatic hydroxyl groups excluding tert-OH is 2. The average Bonchev–Trinajstić information content (AvgIpc) is 2.89. The second-order valence-corrected chi connectivity index (χ2v) is 7.52. The van der Waals surface area contributed by atoms with Crippen LogP contribution in [0.1, 0.15) is 24.6 Å². The summed E-state index contributed by atoms with van der Waals surface area (Å²) < 4.78 is 23.2. The van der Waals surface area contributed by atoms with E-state index in [1.165, 1.54) is 13.1 Å². The van der Waals surface area contributed by atoms with Crippen molar-refractivity contribution in [3.8, 4) is 0 Å². The average molecular weight is 395 g/mol. The van der Waals surface area contributed by atoms with Crippen LogP contribution < -0.4 is 16.3 Å². The molecule has 12 nitrogen and oxygen atoms in total. The van der Waals surface area contributed by atoms with Gasteiger partial charge in [0.25, 0.3) is 5.56 Å². The van der Waals surface area contributed by atoms with Gasteiger partial charge in [0.15, 0.2) is 6.29 Å². The predicted molar refractivity (Wildman–Crippen MR) is 87.2 cm³/mol. The molecule has 0 radical (unpaired) electrons. The molecule has 1 fully saturated rings. The molecule has 0 amide bonds. The SMILES string of the molecule is Cc1cn([C@H]2CC(O)[C@@H](COP(=O)(O)NCCC(O)O)O2)c(=O)[nH]c1=O. The molecule has 1 aromatic heterocycles. The van der Waals surface area contributed by atoms with E-state index in [1.807, 2.05) is 0 Å². The first-order valence-corrected chi connectivity index (χ1v) is 9.41. The minimum atomic E-state index is -4.22. The van der Waals surface area contributed by atoms with E-state index >= 15 is 0 Å². The third-order valence-electron chi connectivity index (χ3n) is 3.79. The topological polar surface area (TPSA) is 183 Å². The van der Waals surface area contributed by atoms with Gasteiger partial charge >= 0.3 is 13.4 Å². The van der Waals surface area contributed by atoms with Crippen LogP contribution in [0.2, 0.25) is 0 Å². The van der Waals surface area contributed by atoms with E-state index in [0.29, 0.717) is 0 Å². The standard InChI is InChI=1S/C13H22N3O9P/c1-7-5-16(13(21)15-12(7)20)10-4-8(17)9(25-10)6-24-26(22,23)14-3-2-11(18)19/h5,8-11,17-19H,2-4,6H2,1H3,(H2,14,22,23)(H,15,20,21)/t8?,9-,10-/m1/s1. The number of nitrogens with one attached hydrogen (secondary N) is 2. The van der Waals surface area contributed by atoms with Crippen LogP contribution in [0.4, 0.5) is 0 Å². The normalized spacial score (nSPS) is 25.5.